The Bertz CT molecular complexity index is 429. The topological polar surface area (TPSA) is 33.7 Å². The summed E-state index contributed by atoms with van der Waals surface area (Å²) in [7, 11) is 1.99. The second-order valence-corrected chi connectivity index (χ2v) is 5.55. The summed E-state index contributed by atoms with van der Waals surface area (Å²) in [5.41, 5.74) is 2.58. The molecule has 0 aromatic heterocycles. The molecule has 0 spiro atoms. The van der Waals surface area contributed by atoms with Crippen LogP contribution in [0.15, 0.2) is 18.2 Å². The molecule has 4 nitrogen and oxygen atoms in total. The third kappa shape index (κ3) is 4.70. The van der Waals surface area contributed by atoms with Gasteiger partial charge in [0.15, 0.2) is 0 Å². The zero-order valence-corrected chi connectivity index (χ0v) is 13.5. The molecule has 1 heterocycles. The molecule has 1 atom stereocenters. The normalized spacial score (nSPS) is 18.2. The summed E-state index contributed by atoms with van der Waals surface area (Å²) in [5.74, 6) is 1.01. The van der Waals surface area contributed by atoms with Crippen molar-refractivity contribution in [2.24, 2.45) is 0 Å². The van der Waals surface area contributed by atoms with Crippen LogP contribution < -0.4 is 10.1 Å². The minimum atomic E-state index is 0.354. The van der Waals surface area contributed by atoms with Crippen molar-refractivity contribution in [1.29, 1.82) is 0 Å². The Morgan fingerprint density at radius 2 is 2.19 bits per heavy atom. The lowest BCUT2D eigenvalue weighted by Gasteiger charge is -2.22. The predicted octanol–water partition coefficient (Wildman–Crippen LogP) is 2.59. The van der Waals surface area contributed by atoms with Crippen molar-refractivity contribution in [2.75, 3.05) is 40.0 Å². The number of hydrogen-bond acceptors (Lipinski definition) is 4. The van der Waals surface area contributed by atoms with E-state index in [4.69, 9.17) is 9.47 Å². The summed E-state index contributed by atoms with van der Waals surface area (Å²) in [6.45, 7) is 9.66. The van der Waals surface area contributed by atoms with E-state index in [1.165, 1.54) is 11.1 Å². The number of hydrogen-bond donors (Lipinski definition) is 1. The maximum atomic E-state index is 5.80. The highest BCUT2D eigenvalue weighted by Gasteiger charge is 2.14. The Morgan fingerprint density at radius 1 is 1.33 bits per heavy atom. The quantitative estimate of drug-likeness (QED) is 0.874. The molecular weight excluding hydrogens is 264 g/mol. The van der Waals surface area contributed by atoms with Crippen LogP contribution in [0.1, 0.15) is 37.4 Å². The summed E-state index contributed by atoms with van der Waals surface area (Å²) in [5, 5.41) is 3.30. The number of benzene rings is 1. The summed E-state index contributed by atoms with van der Waals surface area (Å²) in [6, 6.07) is 6.89. The van der Waals surface area contributed by atoms with Gasteiger partial charge in [-0.3, -0.25) is 4.90 Å². The van der Waals surface area contributed by atoms with Crippen LogP contribution in [0.2, 0.25) is 0 Å². The molecule has 2 rings (SSSR count). The van der Waals surface area contributed by atoms with Crippen LogP contribution in [-0.4, -0.2) is 44.9 Å². The van der Waals surface area contributed by atoms with Gasteiger partial charge in [0.1, 0.15) is 5.75 Å². The molecule has 1 saturated heterocycles. The predicted molar refractivity (Wildman–Crippen MR) is 85.8 cm³/mol. The van der Waals surface area contributed by atoms with Crippen molar-refractivity contribution in [3.05, 3.63) is 29.3 Å². The Balaban J connectivity index is 2.16. The van der Waals surface area contributed by atoms with Gasteiger partial charge in [0, 0.05) is 37.8 Å². The fraction of sp³-hybridized carbons (Fsp3) is 0.647. The molecule has 0 bridgehead atoms. The molecule has 0 aliphatic carbocycles. The molecular formula is C17H28N2O2. The Hall–Kier alpha value is -1.10. The standard InChI is InChI=1S/C17H28N2O2/c1-4-21-17-7-6-15(14(2)18-3)12-16(17)13-19-8-5-10-20-11-9-19/h6-7,12,14,18H,4-5,8-11,13H2,1-3H3. The molecule has 1 N–H and O–H groups in total. The number of ether oxygens (including phenoxy) is 2. The molecule has 1 aromatic carbocycles. The van der Waals surface area contributed by atoms with Crippen molar-refractivity contribution in [1.82, 2.24) is 10.2 Å². The molecule has 1 fully saturated rings. The van der Waals surface area contributed by atoms with Gasteiger partial charge in [-0.05, 0) is 45.0 Å². The lowest BCUT2D eigenvalue weighted by atomic mass is 10.0. The van der Waals surface area contributed by atoms with Gasteiger partial charge in [-0.15, -0.1) is 0 Å². The number of nitrogens with one attached hydrogen (secondary N) is 1. The second kappa shape index (κ2) is 8.37. The minimum Gasteiger partial charge on any atom is -0.494 e. The van der Waals surface area contributed by atoms with E-state index in [2.05, 4.69) is 35.3 Å². The first-order valence-corrected chi connectivity index (χ1v) is 7.97. The molecule has 21 heavy (non-hydrogen) atoms. The van der Waals surface area contributed by atoms with Gasteiger partial charge in [-0.1, -0.05) is 6.07 Å². The van der Waals surface area contributed by atoms with E-state index in [0.29, 0.717) is 12.6 Å². The van der Waals surface area contributed by atoms with Crippen LogP contribution in [0.3, 0.4) is 0 Å². The molecule has 1 aliphatic heterocycles. The molecule has 4 heteroatoms. The first kappa shape index (κ1) is 16.3. The van der Waals surface area contributed by atoms with Gasteiger partial charge < -0.3 is 14.8 Å². The Labute approximate surface area is 128 Å². The fourth-order valence-electron chi connectivity index (χ4n) is 2.65. The van der Waals surface area contributed by atoms with Gasteiger partial charge in [0.05, 0.1) is 13.2 Å². The first-order valence-electron chi connectivity index (χ1n) is 7.97. The molecule has 118 valence electrons. The van der Waals surface area contributed by atoms with Crippen LogP contribution in [0.5, 0.6) is 5.75 Å². The lowest BCUT2D eigenvalue weighted by Crippen LogP contribution is -2.26. The van der Waals surface area contributed by atoms with Crippen LogP contribution in [0.25, 0.3) is 0 Å². The molecule has 0 amide bonds. The molecule has 1 unspecified atom stereocenters. The monoisotopic (exact) mass is 292 g/mol. The van der Waals surface area contributed by atoms with Gasteiger partial charge in [-0.2, -0.15) is 0 Å². The minimum absolute atomic E-state index is 0.354. The average Bonchev–Trinajstić information content (AvgIpc) is 2.77. The van der Waals surface area contributed by atoms with Crippen LogP contribution in [0, 0.1) is 0 Å². The first-order chi connectivity index (χ1) is 10.2. The summed E-state index contributed by atoms with van der Waals surface area (Å²) in [6.07, 6.45) is 1.11. The van der Waals surface area contributed by atoms with Crippen LogP contribution in [-0.2, 0) is 11.3 Å². The van der Waals surface area contributed by atoms with Gasteiger partial charge in [0.2, 0.25) is 0 Å². The molecule has 0 radical (unpaired) electrons. The smallest absolute Gasteiger partial charge is 0.123 e. The number of rotatable bonds is 6. The fourth-order valence-corrected chi connectivity index (χ4v) is 2.65. The van der Waals surface area contributed by atoms with E-state index in [9.17, 15) is 0 Å². The van der Waals surface area contributed by atoms with Gasteiger partial charge in [0.25, 0.3) is 0 Å². The van der Waals surface area contributed by atoms with Crippen LogP contribution in [0.4, 0.5) is 0 Å². The molecule has 1 aromatic rings. The highest BCUT2D eigenvalue weighted by molar-refractivity contribution is 5.38. The van der Waals surface area contributed by atoms with Crippen molar-refractivity contribution in [3.8, 4) is 5.75 Å². The third-order valence-electron chi connectivity index (χ3n) is 4.03. The Morgan fingerprint density at radius 3 is 2.95 bits per heavy atom. The van der Waals surface area contributed by atoms with E-state index >= 15 is 0 Å². The summed E-state index contributed by atoms with van der Waals surface area (Å²) < 4.78 is 11.3. The largest absolute Gasteiger partial charge is 0.494 e. The summed E-state index contributed by atoms with van der Waals surface area (Å²) in [4.78, 5) is 2.46. The van der Waals surface area contributed by atoms with Crippen molar-refractivity contribution >= 4 is 0 Å². The maximum Gasteiger partial charge on any atom is 0.123 e. The van der Waals surface area contributed by atoms with E-state index in [-0.39, 0.29) is 0 Å². The van der Waals surface area contributed by atoms with E-state index in [0.717, 1.165) is 45.0 Å². The second-order valence-electron chi connectivity index (χ2n) is 5.55. The highest BCUT2D eigenvalue weighted by atomic mass is 16.5. The summed E-state index contributed by atoms with van der Waals surface area (Å²) >= 11 is 0. The van der Waals surface area contributed by atoms with E-state index < -0.39 is 0 Å². The van der Waals surface area contributed by atoms with E-state index in [1.54, 1.807) is 0 Å². The van der Waals surface area contributed by atoms with Crippen molar-refractivity contribution in [2.45, 2.75) is 32.9 Å². The highest BCUT2D eigenvalue weighted by Crippen LogP contribution is 2.25. The lowest BCUT2D eigenvalue weighted by molar-refractivity contribution is 0.140. The Kier molecular flexibility index (Phi) is 6.49. The third-order valence-corrected chi connectivity index (χ3v) is 4.03. The number of nitrogens with zero attached hydrogens (tertiary/aromatic N) is 1. The maximum absolute atomic E-state index is 5.80. The van der Waals surface area contributed by atoms with Crippen molar-refractivity contribution in [3.63, 3.8) is 0 Å². The zero-order valence-electron chi connectivity index (χ0n) is 13.5. The molecule has 1 aliphatic rings. The van der Waals surface area contributed by atoms with E-state index in [1.807, 2.05) is 14.0 Å². The zero-order chi connectivity index (χ0) is 15.1. The van der Waals surface area contributed by atoms with Gasteiger partial charge in [-0.25, -0.2) is 0 Å². The van der Waals surface area contributed by atoms with Crippen LogP contribution >= 0.6 is 0 Å². The van der Waals surface area contributed by atoms with Crippen molar-refractivity contribution < 1.29 is 9.47 Å². The SMILES string of the molecule is CCOc1ccc(C(C)NC)cc1CN1CCCOCC1. The molecule has 0 saturated carbocycles. The average molecular weight is 292 g/mol. The van der Waals surface area contributed by atoms with Gasteiger partial charge >= 0.3 is 0 Å².